The lowest BCUT2D eigenvalue weighted by atomic mass is 9.99. The molecule has 1 atom stereocenters. The van der Waals surface area contributed by atoms with E-state index in [1.54, 1.807) is 24.3 Å². The van der Waals surface area contributed by atoms with Gasteiger partial charge in [0, 0.05) is 30.5 Å². The van der Waals surface area contributed by atoms with E-state index in [-0.39, 0.29) is 11.0 Å². The fourth-order valence-corrected chi connectivity index (χ4v) is 4.65. The average Bonchev–Trinajstić information content (AvgIpc) is 3.46. The number of sulfone groups is 1. The van der Waals surface area contributed by atoms with E-state index >= 15 is 0 Å². The van der Waals surface area contributed by atoms with E-state index in [0.29, 0.717) is 23.8 Å². The Balaban J connectivity index is 1.65. The zero-order valence-corrected chi connectivity index (χ0v) is 18.4. The molecule has 1 saturated heterocycles. The van der Waals surface area contributed by atoms with E-state index in [0.717, 1.165) is 41.5 Å². The highest BCUT2D eigenvalue weighted by molar-refractivity contribution is 7.90. The van der Waals surface area contributed by atoms with Gasteiger partial charge in [0.15, 0.2) is 9.84 Å². The zero-order valence-electron chi connectivity index (χ0n) is 17.6. The number of ether oxygens (including phenoxy) is 1. The normalized spacial score (nSPS) is 16.5. The molecule has 0 bridgehead atoms. The number of nitrogens with zero attached hydrogens (tertiary/aromatic N) is 2. The largest absolute Gasteiger partial charge is 0.437 e. The second-order valence-electron chi connectivity index (χ2n) is 7.89. The summed E-state index contributed by atoms with van der Waals surface area (Å²) in [5, 5.41) is 4.21. The van der Waals surface area contributed by atoms with Crippen LogP contribution >= 0.6 is 0 Å². The van der Waals surface area contributed by atoms with E-state index < -0.39 is 9.84 Å². The van der Waals surface area contributed by atoms with Gasteiger partial charge in [-0.3, -0.25) is 0 Å². The summed E-state index contributed by atoms with van der Waals surface area (Å²) in [5.41, 5.74) is 3.06. The molecule has 0 spiro atoms. The summed E-state index contributed by atoms with van der Waals surface area (Å²) in [6.45, 7) is 1.45. The van der Waals surface area contributed by atoms with E-state index in [2.05, 4.69) is 15.3 Å². The van der Waals surface area contributed by atoms with Gasteiger partial charge in [-0.15, -0.1) is 0 Å². The monoisotopic (exact) mass is 449 g/mol. The van der Waals surface area contributed by atoms with Gasteiger partial charge in [-0.25, -0.2) is 18.4 Å². The van der Waals surface area contributed by atoms with Crippen LogP contribution in [0, 0.1) is 0 Å². The Morgan fingerprint density at radius 2 is 1.81 bits per heavy atom. The molecule has 2 aromatic heterocycles. The lowest BCUT2D eigenvalue weighted by Crippen LogP contribution is -2.19. The molecule has 7 nitrogen and oxygen atoms in total. The van der Waals surface area contributed by atoms with Crippen LogP contribution in [0.15, 0.2) is 70.2 Å². The SMILES string of the molecule is CS(=O)(=O)c1ccc(-c2oc3ncnc(NCC4CCCO4)c3c2-c2ccccc2)cc1. The van der Waals surface area contributed by atoms with Gasteiger partial charge in [-0.05, 0) is 42.7 Å². The lowest BCUT2D eigenvalue weighted by Gasteiger charge is -2.12. The number of nitrogens with one attached hydrogen (secondary N) is 1. The Bertz CT molecular complexity index is 1340. The first-order valence-corrected chi connectivity index (χ1v) is 12.4. The molecule has 0 radical (unpaired) electrons. The Labute approximate surface area is 186 Å². The summed E-state index contributed by atoms with van der Waals surface area (Å²) in [6.07, 6.45) is 4.93. The molecule has 164 valence electrons. The molecule has 32 heavy (non-hydrogen) atoms. The molecule has 0 aliphatic carbocycles. The van der Waals surface area contributed by atoms with Gasteiger partial charge in [0.05, 0.1) is 16.4 Å². The first-order valence-electron chi connectivity index (χ1n) is 10.5. The highest BCUT2D eigenvalue weighted by atomic mass is 32.2. The molecule has 1 unspecified atom stereocenters. The Morgan fingerprint density at radius 1 is 1.03 bits per heavy atom. The number of benzene rings is 2. The maximum atomic E-state index is 11.9. The van der Waals surface area contributed by atoms with Crippen molar-refractivity contribution in [1.82, 2.24) is 9.97 Å². The van der Waals surface area contributed by atoms with E-state index in [4.69, 9.17) is 9.15 Å². The van der Waals surface area contributed by atoms with Gasteiger partial charge in [-0.2, -0.15) is 0 Å². The molecule has 1 N–H and O–H groups in total. The van der Waals surface area contributed by atoms with Crippen LogP contribution in [-0.4, -0.2) is 43.9 Å². The van der Waals surface area contributed by atoms with Crippen molar-refractivity contribution < 1.29 is 17.6 Å². The van der Waals surface area contributed by atoms with Crippen molar-refractivity contribution in [1.29, 1.82) is 0 Å². The summed E-state index contributed by atoms with van der Waals surface area (Å²) in [7, 11) is -3.29. The van der Waals surface area contributed by atoms with Gasteiger partial charge >= 0.3 is 0 Å². The van der Waals surface area contributed by atoms with Gasteiger partial charge in [0.1, 0.15) is 17.9 Å². The van der Waals surface area contributed by atoms with Crippen molar-refractivity contribution in [3.8, 4) is 22.5 Å². The maximum Gasteiger partial charge on any atom is 0.232 e. The van der Waals surface area contributed by atoms with Crippen LogP contribution in [0.1, 0.15) is 12.8 Å². The first kappa shape index (κ1) is 20.7. The quantitative estimate of drug-likeness (QED) is 0.461. The van der Waals surface area contributed by atoms with Crippen LogP contribution in [0.25, 0.3) is 33.6 Å². The molecule has 1 aliphatic heterocycles. The topological polar surface area (TPSA) is 94.3 Å². The lowest BCUT2D eigenvalue weighted by molar-refractivity contribution is 0.120. The van der Waals surface area contributed by atoms with Crippen molar-refractivity contribution >= 4 is 26.8 Å². The van der Waals surface area contributed by atoms with Crippen LogP contribution in [0.5, 0.6) is 0 Å². The molecular weight excluding hydrogens is 426 g/mol. The Kier molecular flexibility index (Phi) is 5.40. The van der Waals surface area contributed by atoms with E-state index in [9.17, 15) is 8.42 Å². The van der Waals surface area contributed by atoms with Crippen LogP contribution < -0.4 is 5.32 Å². The van der Waals surface area contributed by atoms with Crippen molar-refractivity contribution in [3.63, 3.8) is 0 Å². The fraction of sp³-hybridized carbons (Fsp3) is 0.250. The minimum absolute atomic E-state index is 0.162. The van der Waals surface area contributed by atoms with Crippen molar-refractivity contribution in [2.45, 2.75) is 23.8 Å². The molecule has 3 heterocycles. The van der Waals surface area contributed by atoms with Gasteiger partial charge in [-0.1, -0.05) is 30.3 Å². The highest BCUT2D eigenvalue weighted by Crippen LogP contribution is 2.42. The summed E-state index contributed by atoms with van der Waals surface area (Å²) >= 11 is 0. The second-order valence-corrected chi connectivity index (χ2v) is 9.90. The number of rotatable bonds is 6. The van der Waals surface area contributed by atoms with Crippen molar-refractivity contribution in [3.05, 3.63) is 60.9 Å². The van der Waals surface area contributed by atoms with Gasteiger partial charge in [0.25, 0.3) is 0 Å². The third-order valence-corrected chi connectivity index (χ3v) is 6.75. The number of aromatic nitrogens is 2. The fourth-order valence-electron chi connectivity index (χ4n) is 4.02. The summed E-state index contributed by atoms with van der Waals surface area (Å²) < 4.78 is 35.7. The minimum atomic E-state index is -3.29. The molecule has 1 fully saturated rings. The smallest absolute Gasteiger partial charge is 0.232 e. The van der Waals surface area contributed by atoms with Crippen LogP contribution in [-0.2, 0) is 14.6 Å². The Morgan fingerprint density at radius 3 is 2.50 bits per heavy atom. The molecule has 5 rings (SSSR count). The number of furan rings is 1. The molecule has 0 saturated carbocycles. The zero-order chi connectivity index (χ0) is 22.1. The predicted molar refractivity (Wildman–Crippen MR) is 123 cm³/mol. The first-order chi connectivity index (χ1) is 15.5. The van der Waals surface area contributed by atoms with E-state index in [1.165, 1.54) is 12.6 Å². The average molecular weight is 450 g/mol. The standard InChI is InChI=1S/C24H23N3O4S/c1-32(28,29)19-11-9-17(10-12-19)22-20(16-6-3-2-4-7-16)21-23(26-15-27-24(21)31-22)25-14-18-8-5-13-30-18/h2-4,6-7,9-12,15,18H,5,8,13-14H2,1H3,(H,25,26,27). The van der Waals surface area contributed by atoms with Crippen LogP contribution in [0.2, 0.25) is 0 Å². The summed E-state index contributed by atoms with van der Waals surface area (Å²) in [6, 6.07) is 16.6. The van der Waals surface area contributed by atoms with Crippen LogP contribution in [0.3, 0.4) is 0 Å². The second kappa shape index (κ2) is 8.37. The molecule has 2 aromatic carbocycles. The number of hydrogen-bond acceptors (Lipinski definition) is 7. The van der Waals surface area contributed by atoms with E-state index in [1.807, 2.05) is 30.3 Å². The highest BCUT2D eigenvalue weighted by Gasteiger charge is 2.23. The molecular formula is C24H23N3O4S. The Hall–Kier alpha value is -3.23. The summed E-state index contributed by atoms with van der Waals surface area (Å²) in [5.74, 6) is 1.30. The van der Waals surface area contributed by atoms with Crippen molar-refractivity contribution in [2.24, 2.45) is 0 Å². The minimum Gasteiger partial charge on any atom is -0.437 e. The summed E-state index contributed by atoms with van der Waals surface area (Å²) in [4.78, 5) is 9.12. The van der Waals surface area contributed by atoms with Gasteiger partial charge < -0.3 is 14.5 Å². The van der Waals surface area contributed by atoms with Gasteiger partial charge in [0.2, 0.25) is 5.71 Å². The number of fused-ring (bicyclic) bond motifs is 1. The molecule has 0 amide bonds. The molecule has 4 aromatic rings. The van der Waals surface area contributed by atoms with Crippen LogP contribution in [0.4, 0.5) is 5.82 Å². The molecule has 1 aliphatic rings. The third kappa shape index (κ3) is 3.99. The van der Waals surface area contributed by atoms with Crippen molar-refractivity contribution in [2.75, 3.05) is 24.7 Å². The number of anilines is 1. The maximum absolute atomic E-state index is 11.9. The molecule has 8 heteroatoms. The third-order valence-electron chi connectivity index (χ3n) is 5.62. The number of hydrogen-bond donors (Lipinski definition) is 1. The predicted octanol–water partition coefficient (Wildman–Crippen LogP) is 4.55.